The molecule has 0 radical (unpaired) electrons. The van der Waals surface area contributed by atoms with Crippen LogP contribution in [-0.2, 0) is 0 Å². The summed E-state index contributed by atoms with van der Waals surface area (Å²) in [6.07, 6.45) is 9.10. The Hall–Kier alpha value is -3.59. The number of nitrogens with zero attached hydrogens (tertiary/aromatic N) is 1. The first-order valence-electron chi connectivity index (χ1n) is 13.1. The lowest BCUT2D eigenvalue weighted by molar-refractivity contribution is 0.998. The lowest BCUT2D eigenvalue weighted by Gasteiger charge is -2.30. The van der Waals surface area contributed by atoms with E-state index in [-0.39, 0.29) is 0 Å². The Morgan fingerprint density at radius 3 is 2.14 bits per heavy atom. The van der Waals surface area contributed by atoms with Crippen LogP contribution in [0.2, 0.25) is 18.1 Å². The molecule has 0 N–H and O–H groups in total. The van der Waals surface area contributed by atoms with Crippen molar-refractivity contribution < 1.29 is 0 Å². The van der Waals surface area contributed by atoms with E-state index in [9.17, 15) is 0 Å². The van der Waals surface area contributed by atoms with E-state index in [1.165, 1.54) is 54.7 Å². The molecule has 0 unspecified atom stereocenters. The average Bonchev–Trinajstić information content (AvgIpc) is 3.16. The number of anilines is 2. The first kappa shape index (κ1) is 22.6. The van der Waals surface area contributed by atoms with Crippen LogP contribution in [0, 0.1) is 0 Å². The highest BCUT2D eigenvalue weighted by molar-refractivity contribution is 7.05. The molecular formula is C34H28ClNSi. The Kier molecular flexibility index (Phi) is 5.18. The SMILES string of the molecule is C[Si]1(C)c2cc(Cl)c3ccccc3c2-c2cc(N(C3=CCCC=C3)c3ccccc3)c3ccccc3c21. The Morgan fingerprint density at radius 1 is 0.730 bits per heavy atom. The highest BCUT2D eigenvalue weighted by atomic mass is 35.5. The minimum absolute atomic E-state index is 0.857. The largest absolute Gasteiger partial charge is 0.310 e. The maximum Gasteiger partial charge on any atom is 0.114 e. The fraction of sp³-hybridized carbons (Fsp3) is 0.118. The Morgan fingerprint density at radius 2 is 1.41 bits per heavy atom. The monoisotopic (exact) mass is 513 g/mol. The standard InChI is InChI=1S/C34H28ClNSi/c1-37(2)32-22-30(35)25-17-9-11-19-27(25)33(32)29-21-31(26-18-10-12-20-28(26)34(29)37)36(23-13-5-3-6-14-23)24-15-7-4-8-16-24/h3,5-7,9-22H,4,8H2,1-2H3. The van der Waals surface area contributed by atoms with Crippen molar-refractivity contribution in [3.8, 4) is 11.1 Å². The molecule has 0 spiro atoms. The van der Waals surface area contributed by atoms with Gasteiger partial charge in [-0.3, -0.25) is 0 Å². The number of hydrogen-bond donors (Lipinski definition) is 0. The maximum atomic E-state index is 6.89. The van der Waals surface area contributed by atoms with Crippen molar-refractivity contribution in [1.29, 1.82) is 0 Å². The Balaban J connectivity index is 1.62. The van der Waals surface area contributed by atoms with Gasteiger partial charge in [0.1, 0.15) is 8.07 Å². The van der Waals surface area contributed by atoms with Gasteiger partial charge in [0.15, 0.2) is 0 Å². The van der Waals surface area contributed by atoms with Crippen molar-refractivity contribution >= 4 is 63.0 Å². The predicted octanol–water partition coefficient (Wildman–Crippen LogP) is 8.82. The number of benzene rings is 5. The van der Waals surface area contributed by atoms with Crippen molar-refractivity contribution in [2.75, 3.05) is 4.90 Å². The average molecular weight is 514 g/mol. The van der Waals surface area contributed by atoms with Crippen LogP contribution in [0.15, 0.2) is 115 Å². The van der Waals surface area contributed by atoms with E-state index < -0.39 is 8.07 Å². The summed E-state index contributed by atoms with van der Waals surface area (Å²) in [5.74, 6) is 0. The van der Waals surface area contributed by atoms with Crippen LogP contribution in [-0.4, -0.2) is 8.07 Å². The van der Waals surface area contributed by atoms with Crippen LogP contribution in [0.1, 0.15) is 12.8 Å². The summed E-state index contributed by atoms with van der Waals surface area (Å²) in [6.45, 7) is 4.96. The highest BCUT2D eigenvalue weighted by Crippen LogP contribution is 2.44. The molecule has 0 bridgehead atoms. The molecule has 0 fully saturated rings. The third-order valence-corrected chi connectivity index (χ3v) is 11.9. The number of fused-ring (bicyclic) bond motifs is 7. The van der Waals surface area contributed by atoms with Gasteiger partial charge in [0.2, 0.25) is 0 Å². The Labute approximate surface area is 224 Å². The van der Waals surface area contributed by atoms with Crippen LogP contribution < -0.4 is 15.3 Å². The molecule has 1 heterocycles. The van der Waals surface area contributed by atoms with Gasteiger partial charge in [0.05, 0.1) is 5.69 Å². The lowest BCUT2D eigenvalue weighted by atomic mass is 9.94. The van der Waals surface area contributed by atoms with Gasteiger partial charge in [-0.25, -0.2) is 0 Å². The maximum absolute atomic E-state index is 6.89. The zero-order valence-electron chi connectivity index (χ0n) is 21.1. The first-order chi connectivity index (χ1) is 18.1. The van der Waals surface area contributed by atoms with E-state index in [1.807, 2.05) is 0 Å². The molecule has 1 aliphatic heterocycles. The second-order valence-corrected chi connectivity index (χ2v) is 15.3. The fourth-order valence-electron chi connectivity index (χ4n) is 6.43. The highest BCUT2D eigenvalue weighted by Gasteiger charge is 2.41. The zero-order chi connectivity index (χ0) is 25.1. The van der Waals surface area contributed by atoms with Crippen molar-refractivity contribution in [3.63, 3.8) is 0 Å². The van der Waals surface area contributed by atoms with Crippen LogP contribution in [0.3, 0.4) is 0 Å². The fourth-order valence-corrected chi connectivity index (χ4v) is 10.2. The molecule has 0 saturated heterocycles. The minimum atomic E-state index is -2.00. The van der Waals surface area contributed by atoms with Crippen molar-refractivity contribution in [1.82, 2.24) is 0 Å². The van der Waals surface area contributed by atoms with Gasteiger partial charge in [-0.05, 0) is 75.5 Å². The minimum Gasteiger partial charge on any atom is -0.310 e. The molecular weight excluding hydrogens is 486 g/mol. The molecule has 37 heavy (non-hydrogen) atoms. The quantitative estimate of drug-likeness (QED) is 0.218. The summed E-state index contributed by atoms with van der Waals surface area (Å²) in [7, 11) is -2.00. The molecule has 0 atom stereocenters. The molecule has 0 aromatic heterocycles. The summed E-state index contributed by atoms with van der Waals surface area (Å²) < 4.78 is 0. The second-order valence-electron chi connectivity index (χ2n) is 10.6. The molecule has 5 aromatic carbocycles. The lowest BCUT2D eigenvalue weighted by Crippen LogP contribution is -2.49. The molecule has 180 valence electrons. The number of allylic oxidation sites excluding steroid dienone is 3. The summed E-state index contributed by atoms with van der Waals surface area (Å²) >= 11 is 6.89. The smallest absolute Gasteiger partial charge is 0.114 e. The Bertz CT molecular complexity index is 1760. The molecule has 1 aliphatic carbocycles. The van der Waals surface area contributed by atoms with E-state index in [4.69, 9.17) is 11.6 Å². The summed E-state index contributed by atoms with van der Waals surface area (Å²) in [4.78, 5) is 2.45. The summed E-state index contributed by atoms with van der Waals surface area (Å²) in [5.41, 5.74) is 6.39. The van der Waals surface area contributed by atoms with E-state index in [0.29, 0.717) is 0 Å². The van der Waals surface area contributed by atoms with Gasteiger partial charge in [-0.2, -0.15) is 0 Å². The van der Waals surface area contributed by atoms with Crippen molar-refractivity contribution in [2.24, 2.45) is 0 Å². The molecule has 2 aliphatic rings. The molecule has 5 aromatic rings. The van der Waals surface area contributed by atoms with E-state index in [0.717, 1.165) is 23.3 Å². The number of para-hydroxylation sites is 1. The molecule has 7 rings (SSSR count). The summed E-state index contributed by atoms with van der Waals surface area (Å²) in [5, 5.41) is 8.88. The van der Waals surface area contributed by atoms with Crippen LogP contribution in [0.4, 0.5) is 11.4 Å². The second kappa shape index (κ2) is 8.48. The van der Waals surface area contributed by atoms with E-state index >= 15 is 0 Å². The topological polar surface area (TPSA) is 3.24 Å². The first-order valence-corrected chi connectivity index (χ1v) is 16.4. The predicted molar refractivity (Wildman–Crippen MR) is 164 cm³/mol. The van der Waals surface area contributed by atoms with Gasteiger partial charge in [0, 0.05) is 27.2 Å². The van der Waals surface area contributed by atoms with Crippen LogP contribution in [0.25, 0.3) is 32.7 Å². The van der Waals surface area contributed by atoms with Gasteiger partial charge in [0.25, 0.3) is 0 Å². The third-order valence-electron chi connectivity index (χ3n) is 8.07. The van der Waals surface area contributed by atoms with Gasteiger partial charge >= 0.3 is 0 Å². The molecule has 0 amide bonds. The molecule has 3 heteroatoms. The normalized spacial score (nSPS) is 15.5. The zero-order valence-corrected chi connectivity index (χ0v) is 22.9. The molecule has 1 nitrogen and oxygen atoms in total. The number of hydrogen-bond acceptors (Lipinski definition) is 1. The van der Waals surface area contributed by atoms with Gasteiger partial charge < -0.3 is 4.90 Å². The van der Waals surface area contributed by atoms with Gasteiger partial charge in [-0.15, -0.1) is 0 Å². The van der Waals surface area contributed by atoms with Crippen molar-refractivity contribution in [2.45, 2.75) is 25.9 Å². The van der Waals surface area contributed by atoms with E-state index in [1.54, 1.807) is 0 Å². The van der Waals surface area contributed by atoms with Crippen LogP contribution >= 0.6 is 11.6 Å². The van der Waals surface area contributed by atoms with E-state index in [2.05, 4.69) is 127 Å². The number of halogens is 1. The third kappa shape index (κ3) is 3.36. The van der Waals surface area contributed by atoms with Gasteiger partial charge in [-0.1, -0.05) is 104 Å². The molecule has 0 saturated carbocycles. The summed E-state index contributed by atoms with van der Waals surface area (Å²) in [6, 6.07) is 33.1. The van der Waals surface area contributed by atoms with Crippen LogP contribution in [0.5, 0.6) is 0 Å². The number of rotatable bonds is 3. The van der Waals surface area contributed by atoms with Crippen molar-refractivity contribution in [3.05, 3.63) is 120 Å².